The molecule has 1 N–H and O–H groups in total. The van der Waals surface area contributed by atoms with Crippen molar-refractivity contribution in [3.05, 3.63) is 61.4 Å². The SMILES string of the molecule is CCOC(=O)c1sc2c(OCCN(CC)CC)c(Br)ccc2c1NC(=O)c1ccc([N+](=O)[O-])cc1. The maximum Gasteiger partial charge on any atom is 0.350 e. The van der Waals surface area contributed by atoms with Gasteiger partial charge in [-0.25, -0.2) is 4.79 Å². The summed E-state index contributed by atoms with van der Waals surface area (Å²) in [4.78, 5) is 38.6. The molecule has 0 bridgehead atoms. The number of nitro groups is 1. The van der Waals surface area contributed by atoms with Crippen LogP contribution < -0.4 is 10.1 Å². The summed E-state index contributed by atoms with van der Waals surface area (Å²) in [5.74, 6) is -0.476. The second-order valence-corrected chi connectivity index (χ2v) is 9.29. The number of ether oxygens (including phenoxy) is 2. The first-order valence-corrected chi connectivity index (χ1v) is 12.7. The van der Waals surface area contributed by atoms with E-state index in [0.717, 1.165) is 24.1 Å². The Labute approximate surface area is 215 Å². The molecular formula is C24H26BrN3O6S. The predicted molar refractivity (Wildman–Crippen MR) is 140 cm³/mol. The monoisotopic (exact) mass is 563 g/mol. The minimum absolute atomic E-state index is 0.119. The first-order chi connectivity index (χ1) is 16.8. The van der Waals surface area contributed by atoms with Crippen molar-refractivity contribution in [3.8, 4) is 5.75 Å². The van der Waals surface area contributed by atoms with Gasteiger partial charge in [-0.2, -0.15) is 0 Å². The number of nitro benzene ring substituents is 1. The number of non-ortho nitro benzene ring substituents is 1. The molecule has 1 aromatic heterocycles. The fourth-order valence-electron chi connectivity index (χ4n) is 3.45. The highest BCUT2D eigenvalue weighted by Crippen LogP contribution is 2.44. The highest BCUT2D eigenvalue weighted by atomic mass is 79.9. The third kappa shape index (κ3) is 6.16. The molecule has 0 radical (unpaired) electrons. The van der Waals surface area contributed by atoms with Crippen LogP contribution in [0.15, 0.2) is 40.9 Å². The Morgan fingerprint density at radius 3 is 2.40 bits per heavy atom. The third-order valence-corrected chi connectivity index (χ3v) is 7.16. The van der Waals surface area contributed by atoms with E-state index in [2.05, 4.69) is 40.0 Å². The van der Waals surface area contributed by atoms with Crippen molar-refractivity contribution in [2.45, 2.75) is 20.8 Å². The van der Waals surface area contributed by atoms with E-state index in [-0.39, 0.29) is 22.7 Å². The molecule has 1 heterocycles. The third-order valence-electron chi connectivity index (χ3n) is 5.35. The van der Waals surface area contributed by atoms with Crippen molar-refractivity contribution in [2.24, 2.45) is 0 Å². The molecule has 0 unspecified atom stereocenters. The Morgan fingerprint density at radius 1 is 1.11 bits per heavy atom. The molecule has 0 aliphatic rings. The van der Waals surface area contributed by atoms with Crippen molar-refractivity contribution in [2.75, 3.05) is 38.2 Å². The van der Waals surface area contributed by atoms with Gasteiger partial charge in [0.2, 0.25) is 0 Å². The lowest BCUT2D eigenvalue weighted by Gasteiger charge is -2.18. The standard InChI is InChI=1S/C24H26BrN3O6S/c1-4-27(5-2)13-14-34-20-18(25)12-11-17-19(22(35-21(17)20)24(30)33-6-3)26-23(29)15-7-9-16(10-8-15)28(31)32/h7-12H,4-6,13-14H2,1-3H3,(H,26,29). The van der Waals surface area contributed by atoms with Gasteiger partial charge in [-0.15, -0.1) is 11.3 Å². The molecule has 0 fully saturated rings. The van der Waals surface area contributed by atoms with Crippen LogP contribution in [0.2, 0.25) is 0 Å². The van der Waals surface area contributed by atoms with E-state index in [1.54, 1.807) is 19.1 Å². The van der Waals surface area contributed by atoms with Crippen LogP contribution in [-0.4, -0.2) is 54.5 Å². The molecule has 11 heteroatoms. The Morgan fingerprint density at radius 2 is 1.80 bits per heavy atom. The molecule has 186 valence electrons. The first-order valence-electron chi connectivity index (χ1n) is 11.1. The predicted octanol–water partition coefficient (Wildman–Crippen LogP) is 5.72. The second-order valence-electron chi connectivity index (χ2n) is 7.41. The van der Waals surface area contributed by atoms with Gasteiger partial charge in [0.15, 0.2) is 5.75 Å². The zero-order valence-corrected chi connectivity index (χ0v) is 22.0. The lowest BCUT2D eigenvalue weighted by molar-refractivity contribution is -0.384. The molecule has 0 spiro atoms. The molecule has 3 aromatic rings. The number of thiophene rings is 1. The second kappa shape index (κ2) is 12.1. The summed E-state index contributed by atoms with van der Waals surface area (Å²) in [6.45, 7) is 9.09. The van der Waals surface area contributed by atoms with Crippen LogP contribution in [0.4, 0.5) is 11.4 Å². The summed E-state index contributed by atoms with van der Waals surface area (Å²) < 4.78 is 12.8. The number of rotatable bonds is 11. The Kier molecular flexibility index (Phi) is 9.19. The summed E-state index contributed by atoms with van der Waals surface area (Å²) in [5.41, 5.74) is 0.413. The van der Waals surface area contributed by atoms with Crippen LogP contribution >= 0.6 is 27.3 Å². The van der Waals surface area contributed by atoms with Gasteiger partial charge in [0.1, 0.15) is 11.5 Å². The van der Waals surface area contributed by atoms with Crippen molar-refractivity contribution in [3.63, 3.8) is 0 Å². The molecule has 0 saturated heterocycles. The van der Waals surface area contributed by atoms with Gasteiger partial charge in [-0.05, 0) is 54.1 Å². The molecule has 35 heavy (non-hydrogen) atoms. The number of amides is 1. The van der Waals surface area contributed by atoms with Gasteiger partial charge in [0, 0.05) is 29.6 Å². The van der Waals surface area contributed by atoms with Gasteiger partial charge in [0.25, 0.3) is 11.6 Å². The van der Waals surface area contributed by atoms with Crippen molar-refractivity contribution in [1.29, 1.82) is 0 Å². The molecule has 2 aromatic carbocycles. The Hall–Kier alpha value is -3.02. The van der Waals surface area contributed by atoms with Crippen LogP contribution in [0.25, 0.3) is 10.1 Å². The van der Waals surface area contributed by atoms with E-state index in [1.807, 2.05) is 0 Å². The van der Waals surface area contributed by atoms with E-state index in [9.17, 15) is 19.7 Å². The zero-order valence-electron chi connectivity index (χ0n) is 19.6. The van der Waals surface area contributed by atoms with Crippen LogP contribution in [0.5, 0.6) is 5.75 Å². The fourth-order valence-corrected chi connectivity index (χ4v) is 5.18. The number of carbonyl (C=O) groups is 2. The number of likely N-dealkylation sites (N-methyl/N-ethyl adjacent to an activating group) is 1. The molecule has 9 nitrogen and oxygen atoms in total. The lowest BCUT2D eigenvalue weighted by atomic mass is 10.1. The average molecular weight is 564 g/mol. The number of anilines is 1. The summed E-state index contributed by atoms with van der Waals surface area (Å²) in [7, 11) is 0. The van der Waals surface area contributed by atoms with Crippen LogP contribution in [0.3, 0.4) is 0 Å². The first kappa shape index (κ1) is 26.6. The van der Waals surface area contributed by atoms with Gasteiger partial charge < -0.3 is 19.7 Å². The van der Waals surface area contributed by atoms with E-state index < -0.39 is 16.8 Å². The normalized spacial score (nSPS) is 11.0. The number of nitrogens with zero attached hydrogens (tertiary/aromatic N) is 2. The number of hydrogen-bond donors (Lipinski definition) is 1. The summed E-state index contributed by atoms with van der Waals surface area (Å²) in [5, 5.41) is 14.3. The quantitative estimate of drug-likeness (QED) is 0.180. The summed E-state index contributed by atoms with van der Waals surface area (Å²) in [6.07, 6.45) is 0. The number of fused-ring (bicyclic) bond motifs is 1. The maximum atomic E-state index is 13.0. The van der Waals surface area contributed by atoms with Crippen LogP contribution in [0.1, 0.15) is 40.8 Å². The van der Waals surface area contributed by atoms with Crippen LogP contribution in [-0.2, 0) is 4.74 Å². The van der Waals surface area contributed by atoms with Gasteiger partial charge in [-0.3, -0.25) is 14.9 Å². The number of carbonyl (C=O) groups excluding carboxylic acids is 2. The number of benzene rings is 2. The van der Waals surface area contributed by atoms with Crippen molar-refractivity contribution < 1.29 is 24.0 Å². The minimum Gasteiger partial charge on any atom is -0.490 e. The van der Waals surface area contributed by atoms with Crippen molar-refractivity contribution >= 4 is 60.6 Å². The molecule has 0 aliphatic carbocycles. The topological polar surface area (TPSA) is 111 Å². The highest BCUT2D eigenvalue weighted by Gasteiger charge is 2.25. The summed E-state index contributed by atoms with van der Waals surface area (Å²) >= 11 is 4.72. The van der Waals surface area contributed by atoms with Crippen molar-refractivity contribution in [1.82, 2.24) is 4.90 Å². The fraction of sp³-hybridized carbons (Fsp3) is 0.333. The molecular weight excluding hydrogens is 538 g/mol. The Bertz CT molecular complexity index is 1220. The highest BCUT2D eigenvalue weighted by molar-refractivity contribution is 9.10. The number of nitrogens with one attached hydrogen (secondary N) is 1. The lowest BCUT2D eigenvalue weighted by Crippen LogP contribution is -2.27. The van der Waals surface area contributed by atoms with Crippen LogP contribution in [0, 0.1) is 10.1 Å². The van der Waals surface area contributed by atoms with Gasteiger partial charge >= 0.3 is 5.97 Å². The number of esters is 1. The molecule has 3 rings (SSSR count). The van der Waals surface area contributed by atoms with E-state index in [0.29, 0.717) is 28.1 Å². The number of halogens is 1. The Balaban J connectivity index is 1.98. The molecule has 0 saturated carbocycles. The average Bonchev–Trinajstić information content (AvgIpc) is 3.21. The molecule has 0 atom stereocenters. The van der Waals surface area contributed by atoms with E-state index in [4.69, 9.17) is 9.47 Å². The molecule has 1 amide bonds. The zero-order chi connectivity index (χ0) is 25.5. The number of hydrogen-bond acceptors (Lipinski definition) is 8. The molecule has 0 aliphatic heterocycles. The van der Waals surface area contributed by atoms with Gasteiger partial charge in [-0.1, -0.05) is 19.9 Å². The minimum atomic E-state index is -0.557. The largest absolute Gasteiger partial charge is 0.490 e. The summed E-state index contributed by atoms with van der Waals surface area (Å²) in [6, 6.07) is 8.84. The van der Waals surface area contributed by atoms with E-state index >= 15 is 0 Å². The maximum absolute atomic E-state index is 13.0. The van der Waals surface area contributed by atoms with Gasteiger partial charge in [0.05, 0.1) is 26.4 Å². The van der Waals surface area contributed by atoms with E-state index in [1.165, 1.54) is 35.6 Å². The smallest absolute Gasteiger partial charge is 0.350 e.